The number of amides is 3. The van der Waals surface area contributed by atoms with Gasteiger partial charge in [0.1, 0.15) is 17.8 Å². The number of benzene rings is 2. The van der Waals surface area contributed by atoms with Gasteiger partial charge in [0.05, 0.1) is 6.54 Å². The van der Waals surface area contributed by atoms with Crippen molar-refractivity contribution in [3.8, 4) is 5.75 Å². The number of carbonyl (C=O) groups excluding carboxylic acids is 3. The van der Waals surface area contributed by atoms with E-state index in [1.807, 2.05) is 12.1 Å². The second kappa shape index (κ2) is 8.53. The van der Waals surface area contributed by atoms with Gasteiger partial charge in [-0.05, 0) is 42.0 Å². The number of piperazine rings is 2. The minimum atomic E-state index is -0.731. The molecule has 9 heteroatoms. The SMILES string of the molecule is O=C1N[C@@H](Cc2ccc(Cl)cc2)C(=O)N2CCN(C(=O)Oc3ccc(Cl)cc3)C[C@H]12. The van der Waals surface area contributed by atoms with E-state index < -0.39 is 18.2 Å². The van der Waals surface area contributed by atoms with Crippen LogP contribution in [0.2, 0.25) is 10.0 Å². The predicted octanol–water partition coefficient (Wildman–Crippen LogP) is 2.75. The Labute approximate surface area is 183 Å². The molecule has 0 aromatic heterocycles. The van der Waals surface area contributed by atoms with Crippen LogP contribution in [0.5, 0.6) is 5.75 Å². The monoisotopic (exact) mass is 447 g/mol. The summed E-state index contributed by atoms with van der Waals surface area (Å²) in [5.41, 5.74) is 0.904. The molecular weight excluding hydrogens is 429 g/mol. The molecule has 2 aliphatic rings. The van der Waals surface area contributed by atoms with Crippen LogP contribution in [-0.4, -0.2) is 59.4 Å². The van der Waals surface area contributed by atoms with Crippen molar-refractivity contribution in [1.82, 2.24) is 15.1 Å². The Bertz CT molecular complexity index is 965. The Morgan fingerprint density at radius 2 is 1.63 bits per heavy atom. The highest BCUT2D eigenvalue weighted by Crippen LogP contribution is 2.21. The number of nitrogens with one attached hydrogen (secondary N) is 1. The average Bonchev–Trinajstić information content (AvgIpc) is 2.74. The second-order valence-electron chi connectivity index (χ2n) is 7.21. The molecule has 2 fully saturated rings. The highest BCUT2D eigenvalue weighted by Gasteiger charge is 2.44. The van der Waals surface area contributed by atoms with Gasteiger partial charge in [0.15, 0.2) is 0 Å². The first kappa shape index (κ1) is 20.5. The van der Waals surface area contributed by atoms with Gasteiger partial charge in [0, 0.05) is 29.6 Å². The van der Waals surface area contributed by atoms with E-state index in [9.17, 15) is 14.4 Å². The first-order valence-corrected chi connectivity index (χ1v) is 10.2. The van der Waals surface area contributed by atoms with E-state index in [0.29, 0.717) is 22.2 Å². The van der Waals surface area contributed by atoms with Crippen LogP contribution in [0.1, 0.15) is 5.56 Å². The van der Waals surface area contributed by atoms with Crippen LogP contribution in [0.15, 0.2) is 48.5 Å². The average molecular weight is 448 g/mol. The molecule has 0 unspecified atom stereocenters. The van der Waals surface area contributed by atoms with Crippen LogP contribution in [0.25, 0.3) is 0 Å². The van der Waals surface area contributed by atoms with Gasteiger partial charge in [-0.15, -0.1) is 0 Å². The zero-order valence-electron chi connectivity index (χ0n) is 15.9. The lowest BCUT2D eigenvalue weighted by molar-refractivity contribution is -0.152. The molecule has 2 atom stereocenters. The number of hydrogen-bond acceptors (Lipinski definition) is 4. The molecular formula is C21H19Cl2N3O4. The summed E-state index contributed by atoms with van der Waals surface area (Å²) in [5, 5.41) is 3.93. The summed E-state index contributed by atoms with van der Waals surface area (Å²) in [5.74, 6) is -0.0724. The Morgan fingerprint density at radius 3 is 2.30 bits per heavy atom. The smallest absolute Gasteiger partial charge is 0.410 e. The normalized spacial score (nSPS) is 21.1. The minimum absolute atomic E-state index is 0.0810. The minimum Gasteiger partial charge on any atom is -0.410 e. The van der Waals surface area contributed by atoms with Gasteiger partial charge < -0.3 is 19.9 Å². The van der Waals surface area contributed by atoms with Gasteiger partial charge in [0.25, 0.3) is 0 Å². The molecule has 2 aromatic carbocycles. The third-order valence-electron chi connectivity index (χ3n) is 5.21. The largest absolute Gasteiger partial charge is 0.415 e. The van der Waals surface area contributed by atoms with E-state index in [0.717, 1.165) is 5.56 Å². The van der Waals surface area contributed by atoms with Crippen molar-refractivity contribution in [2.24, 2.45) is 0 Å². The molecule has 1 N–H and O–H groups in total. The zero-order valence-corrected chi connectivity index (χ0v) is 17.4. The van der Waals surface area contributed by atoms with Crippen LogP contribution >= 0.6 is 23.2 Å². The molecule has 0 bridgehead atoms. The molecule has 2 heterocycles. The molecule has 0 saturated carbocycles. The molecule has 0 spiro atoms. The summed E-state index contributed by atoms with van der Waals surface area (Å²) in [4.78, 5) is 41.0. The van der Waals surface area contributed by atoms with E-state index in [4.69, 9.17) is 27.9 Å². The fourth-order valence-corrected chi connectivity index (χ4v) is 3.88. The van der Waals surface area contributed by atoms with Gasteiger partial charge >= 0.3 is 6.09 Å². The van der Waals surface area contributed by atoms with E-state index in [1.165, 1.54) is 4.90 Å². The van der Waals surface area contributed by atoms with Crippen molar-refractivity contribution < 1.29 is 19.1 Å². The van der Waals surface area contributed by atoms with Crippen molar-refractivity contribution in [1.29, 1.82) is 0 Å². The van der Waals surface area contributed by atoms with E-state index in [1.54, 1.807) is 41.3 Å². The second-order valence-corrected chi connectivity index (χ2v) is 8.08. The number of fused-ring (bicyclic) bond motifs is 1. The van der Waals surface area contributed by atoms with E-state index >= 15 is 0 Å². The quantitative estimate of drug-likeness (QED) is 0.784. The first-order chi connectivity index (χ1) is 14.4. The lowest BCUT2D eigenvalue weighted by atomic mass is 9.99. The summed E-state index contributed by atoms with van der Waals surface area (Å²) >= 11 is 11.7. The van der Waals surface area contributed by atoms with Crippen LogP contribution in [0.3, 0.4) is 0 Å². The molecule has 2 aromatic rings. The van der Waals surface area contributed by atoms with Gasteiger partial charge in [-0.25, -0.2) is 4.79 Å². The maximum Gasteiger partial charge on any atom is 0.415 e. The maximum absolute atomic E-state index is 12.9. The number of carbonyl (C=O) groups is 3. The Balaban J connectivity index is 1.39. The fraction of sp³-hybridized carbons (Fsp3) is 0.286. The van der Waals surface area contributed by atoms with Gasteiger partial charge in [-0.3, -0.25) is 9.59 Å². The lowest BCUT2D eigenvalue weighted by Crippen LogP contribution is -2.70. The topological polar surface area (TPSA) is 79.0 Å². The highest BCUT2D eigenvalue weighted by molar-refractivity contribution is 6.30. The van der Waals surface area contributed by atoms with E-state index in [2.05, 4.69) is 5.32 Å². The first-order valence-electron chi connectivity index (χ1n) is 9.48. The molecule has 0 radical (unpaired) electrons. The summed E-state index contributed by atoms with van der Waals surface area (Å²) in [6.07, 6.45) is -0.187. The van der Waals surface area contributed by atoms with Crippen molar-refractivity contribution in [2.75, 3.05) is 19.6 Å². The number of halogens is 2. The number of hydrogen-bond donors (Lipinski definition) is 1. The number of nitrogens with zero attached hydrogens (tertiary/aromatic N) is 2. The van der Waals surface area contributed by atoms with Crippen LogP contribution in [0, 0.1) is 0 Å². The molecule has 4 rings (SSSR count). The highest BCUT2D eigenvalue weighted by atomic mass is 35.5. The van der Waals surface area contributed by atoms with E-state index in [-0.39, 0.29) is 31.4 Å². The maximum atomic E-state index is 12.9. The zero-order chi connectivity index (χ0) is 21.3. The lowest BCUT2D eigenvalue weighted by Gasteiger charge is -2.44. The molecule has 7 nitrogen and oxygen atoms in total. The van der Waals surface area contributed by atoms with Crippen LogP contribution in [0.4, 0.5) is 4.79 Å². The summed E-state index contributed by atoms with van der Waals surface area (Å²) in [6.45, 7) is 0.636. The van der Waals surface area contributed by atoms with Crippen molar-refractivity contribution >= 4 is 41.1 Å². The summed E-state index contributed by atoms with van der Waals surface area (Å²) < 4.78 is 5.34. The van der Waals surface area contributed by atoms with Gasteiger partial charge in [0.2, 0.25) is 11.8 Å². The predicted molar refractivity (Wildman–Crippen MR) is 112 cm³/mol. The summed E-state index contributed by atoms with van der Waals surface area (Å²) in [7, 11) is 0. The number of ether oxygens (including phenoxy) is 1. The van der Waals surface area contributed by atoms with Crippen LogP contribution in [-0.2, 0) is 16.0 Å². The summed E-state index contributed by atoms with van der Waals surface area (Å²) in [6, 6.07) is 12.2. The molecule has 2 aliphatic heterocycles. The van der Waals surface area contributed by atoms with Gasteiger partial charge in [-0.1, -0.05) is 35.3 Å². The third-order valence-corrected chi connectivity index (χ3v) is 5.71. The molecule has 3 amide bonds. The van der Waals surface area contributed by atoms with Crippen molar-refractivity contribution in [3.63, 3.8) is 0 Å². The standard InChI is InChI=1S/C21H19Cl2N3O4/c22-14-3-1-13(2-4-14)11-17-20(28)26-10-9-25(12-18(26)19(27)24-17)21(29)30-16-7-5-15(23)6-8-16/h1-8,17-18H,9-12H2,(H,24,27)/t17-,18+/m0/s1. The Kier molecular flexibility index (Phi) is 5.83. The Morgan fingerprint density at radius 1 is 1.00 bits per heavy atom. The van der Waals surface area contributed by atoms with Crippen LogP contribution < -0.4 is 10.1 Å². The molecule has 30 heavy (non-hydrogen) atoms. The Hall–Kier alpha value is -2.77. The molecule has 156 valence electrons. The number of rotatable bonds is 3. The molecule has 2 saturated heterocycles. The van der Waals surface area contributed by atoms with Crippen molar-refractivity contribution in [3.05, 3.63) is 64.1 Å². The van der Waals surface area contributed by atoms with Gasteiger partial charge in [-0.2, -0.15) is 0 Å². The fourth-order valence-electron chi connectivity index (χ4n) is 3.63. The third kappa shape index (κ3) is 4.37. The molecule has 0 aliphatic carbocycles. The van der Waals surface area contributed by atoms with Crippen molar-refractivity contribution in [2.45, 2.75) is 18.5 Å².